The molecule has 7 nitrogen and oxygen atoms in total. The number of rotatable bonds is 7. The molecular formula is C15H24N4O3S. The highest BCUT2D eigenvalue weighted by Gasteiger charge is 2.27. The predicted octanol–water partition coefficient (Wildman–Crippen LogP) is 1.46. The third-order valence-electron chi connectivity index (χ3n) is 4.01. The number of nitrogens with one attached hydrogen (secondary N) is 1. The van der Waals surface area contributed by atoms with Gasteiger partial charge >= 0.3 is 0 Å². The Balaban J connectivity index is 2.03. The maximum atomic E-state index is 12.6. The van der Waals surface area contributed by atoms with Crippen molar-refractivity contribution in [3.05, 3.63) is 11.1 Å². The molecule has 8 heteroatoms. The van der Waals surface area contributed by atoms with Crippen molar-refractivity contribution in [2.45, 2.75) is 51.7 Å². The fourth-order valence-corrected chi connectivity index (χ4v) is 2.78. The lowest BCUT2D eigenvalue weighted by Gasteiger charge is -2.28. The molecule has 1 atom stereocenters. The van der Waals surface area contributed by atoms with E-state index in [-0.39, 0.29) is 35.7 Å². The first-order valence-electron chi connectivity index (χ1n) is 7.90. The molecule has 1 aromatic heterocycles. The number of ether oxygens (including phenoxy) is 1. The molecule has 0 aliphatic carbocycles. The minimum atomic E-state index is -0.294. The van der Waals surface area contributed by atoms with Crippen LogP contribution in [0.3, 0.4) is 0 Å². The van der Waals surface area contributed by atoms with Gasteiger partial charge in [0, 0.05) is 24.1 Å². The molecule has 0 spiro atoms. The Morgan fingerprint density at radius 1 is 1.52 bits per heavy atom. The van der Waals surface area contributed by atoms with Crippen molar-refractivity contribution in [1.82, 2.24) is 19.8 Å². The maximum absolute atomic E-state index is 12.6. The van der Waals surface area contributed by atoms with E-state index in [1.807, 2.05) is 20.8 Å². The van der Waals surface area contributed by atoms with Gasteiger partial charge in [0.15, 0.2) is 5.69 Å². The summed E-state index contributed by atoms with van der Waals surface area (Å²) in [5.74, 6) is -0.454. The van der Waals surface area contributed by atoms with Crippen LogP contribution in [-0.2, 0) is 9.53 Å². The molecule has 23 heavy (non-hydrogen) atoms. The van der Waals surface area contributed by atoms with Gasteiger partial charge in [0.25, 0.3) is 5.91 Å². The third-order valence-corrected chi connectivity index (χ3v) is 4.52. The largest absolute Gasteiger partial charge is 0.376 e. The van der Waals surface area contributed by atoms with Crippen LogP contribution in [0.2, 0.25) is 0 Å². The van der Waals surface area contributed by atoms with Gasteiger partial charge in [-0.1, -0.05) is 11.4 Å². The first-order chi connectivity index (χ1) is 10.9. The summed E-state index contributed by atoms with van der Waals surface area (Å²) < 4.78 is 9.32. The molecule has 1 aromatic rings. The Hall–Kier alpha value is -1.54. The van der Waals surface area contributed by atoms with Crippen LogP contribution in [-0.4, -0.2) is 57.6 Å². The normalized spacial score (nSPS) is 18.0. The minimum Gasteiger partial charge on any atom is -0.376 e. The zero-order valence-corrected chi connectivity index (χ0v) is 14.7. The van der Waals surface area contributed by atoms with Crippen molar-refractivity contribution in [2.75, 3.05) is 19.7 Å². The van der Waals surface area contributed by atoms with Gasteiger partial charge in [0.05, 0.1) is 6.10 Å². The van der Waals surface area contributed by atoms with Gasteiger partial charge in [0.2, 0.25) is 5.91 Å². The number of amides is 2. The van der Waals surface area contributed by atoms with E-state index in [1.54, 1.807) is 5.38 Å². The Bertz CT molecular complexity index is 527. The third kappa shape index (κ3) is 5.24. The number of hydrogen-bond donors (Lipinski definition) is 1. The van der Waals surface area contributed by atoms with E-state index in [9.17, 15) is 9.59 Å². The SMILES string of the molecule is CCC(C)(C)NC(=O)CN(C[C@H]1CCCO1)C(=O)c1csnn1. The van der Waals surface area contributed by atoms with Crippen molar-refractivity contribution < 1.29 is 14.3 Å². The van der Waals surface area contributed by atoms with E-state index >= 15 is 0 Å². The van der Waals surface area contributed by atoms with Gasteiger partial charge in [0.1, 0.15) is 6.54 Å². The first-order valence-corrected chi connectivity index (χ1v) is 8.74. The van der Waals surface area contributed by atoms with Crippen LogP contribution in [0.1, 0.15) is 50.5 Å². The van der Waals surface area contributed by atoms with E-state index in [4.69, 9.17) is 4.74 Å². The molecule has 0 radical (unpaired) electrons. The molecule has 2 heterocycles. The highest BCUT2D eigenvalue weighted by atomic mass is 32.1. The monoisotopic (exact) mass is 340 g/mol. The van der Waals surface area contributed by atoms with Crippen molar-refractivity contribution >= 4 is 23.3 Å². The summed E-state index contributed by atoms with van der Waals surface area (Å²) in [5, 5.41) is 8.36. The van der Waals surface area contributed by atoms with Gasteiger partial charge in [-0.3, -0.25) is 9.59 Å². The van der Waals surface area contributed by atoms with Crippen LogP contribution in [0.4, 0.5) is 0 Å². The van der Waals surface area contributed by atoms with Crippen molar-refractivity contribution in [3.63, 3.8) is 0 Å². The number of carbonyl (C=O) groups excluding carboxylic acids is 2. The Morgan fingerprint density at radius 2 is 2.30 bits per heavy atom. The lowest BCUT2D eigenvalue weighted by Crippen LogP contribution is -2.49. The van der Waals surface area contributed by atoms with Crippen molar-refractivity contribution in [2.24, 2.45) is 0 Å². The highest BCUT2D eigenvalue weighted by molar-refractivity contribution is 7.03. The summed E-state index contributed by atoms with van der Waals surface area (Å²) in [6.45, 7) is 7.04. The van der Waals surface area contributed by atoms with Crippen LogP contribution in [0, 0.1) is 0 Å². The van der Waals surface area contributed by atoms with Gasteiger partial charge in [-0.25, -0.2) is 0 Å². The van der Waals surface area contributed by atoms with Gasteiger partial charge in [-0.15, -0.1) is 5.10 Å². The summed E-state index contributed by atoms with van der Waals surface area (Å²) in [4.78, 5) is 26.4. The lowest BCUT2D eigenvalue weighted by atomic mass is 10.0. The molecular weight excluding hydrogens is 316 g/mol. The summed E-state index contributed by atoms with van der Waals surface area (Å²) >= 11 is 1.12. The zero-order chi connectivity index (χ0) is 16.9. The van der Waals surface area contributed by atoms with Crippen LogP contribution >= 0.6 is 11.5 Å². The number of nitrogens with zero attached hydrogens (tertiary/aromatic N) is 3. The topological polar surface area (TPSA) is 84.4 Å². The summed E-state index contributed by atoms with van der Waals surface area (Å²) in [6, 6.07) is 0. The fourth-order valence-electron chi connectivity index (χ4n) is 2.35. The molecule has 1 saturated heterocycles. The molecule has 0 aromatic carbocycles. The van der Waals surface area contributed by atoms with E-state index in [1.165, 1.54) is 4.90 Å². The molecule has 128 valence electrons. The molecule has 1 aliphatic heterocycles. The van der Waals surface area contributed by atoms with Crippen LogP contribution in [0.25, 0.3) is 0 Å². The average molecular weight is 340 g/mol. The summed E-state index contributed by atoms with van der Waals surface area (Å²) in [6.07, 6.45) is 2.69. The van der Waals surface area contributed by atoms with Crippen LogP contribution in [0.15, 0.2) is 5.38 Å². The smallest absolute Gasteiger partial charge is 0.275 e. The molecule has 0 unspecified atom stereocenters. The standard InChI is InChI=1S/C15H24N4O3S/c1-4-15(2,3)16-13(20)9-19(8-11-6-5-7-22-11)14(21)12-10-23-18-17-12/h10-11H,4-9H2,1-3H3,(H,16,20)/t11-/m1/s1. The van der Waals surface area contributed by atoms with Gasteiger partial charge in [-0.2, -0.15) is 0 Å². The van der Waals surface area contributed by atoms with E-state index in [0.29, 0.717) is 13.2 Å². The molecule has 1 N–H and O–H groups in total. The minimum absolute atomic E-state index is 0.000347. The number of carbonyl (C=O) groups is 2. The molecule has 0 bridgehead atoms. The van der Waals surface area contributed by atoms with Crippen molar-refractivity contribution in [1.29, 1.82) is 0 Å². The van der Waals surface area contributed by atoms with Gasteiger partial charge < -0.3 is 15.0 Å². The first kappa shape index (κ1) is 17.8. The quantitative estimate of drug-likeness (QED) is 0.812. The second-order valence-electron chi connectivity index (χ2n) is 6.40. The fraction of sp³-hybridized carbons (Fsp3) is 0.733. The molecule has 2 rings (SSSR count). The maximum Gasteiger partial charge on any atom is 0.275 e. The Labute approximate surface area is 140 Å². The summed E-state index contributed by atoms with van der Waals surface area (Å²) in [7, 11) is 0. The Morgan fingerprint density at radius 3 is 2.87 bits per heavy atom. The molecule has 2 amide bonds. The van der Waals surface area contributed by atoms with Crippen molar-refractivity contribution in [3.8, 4) is 0 Å². The number of hydrogen-bond acceptors (Lipinski definition) is 6. The molecule has 0 saturated carbocycles. The van der Waals surface area contributed by atoms with E-state index < -0.39 is 0 Å². The number of aromatic nitrogens is 2. The lowest BCUT2D eigenvalue weighted by molar-refractivity contribution is -0.123. The zero-order valence-electron chi connectivity index (χ0n) is 13.9. The van der Waals surface area contributed by atoms with E-state index in [2.05, 4.69) is 14.9 Å². The predicted molar refractivity (Wildman–Crippen MR) is 87.3 cm³/mol. The van der Waals surface area contributed by atoms with Gasteiger partial charge in [-0.05, 0) is 44.6 Å². The second kappa shape index (κ2) is 7.83. The highest BCUT2D eigenvalue weighted by Crippen LogP contribution is 2.15. The molecule has 1 fully saturated rings. The second-order valence-corrected chi connectivity index (χ2v) is 7.01. The van der Waals surface area contributed by atoms with Crippen LogP contribution in [0.5, 0.6) is 0 Å². The summed E-state index contributed by atoms with van der Waals surface area (Å²) in [5.41, 5.74) is -0.0201. The molecule has 1 aliphatic rings. The Kier molecular flexibility index (Phi) is 6.06. The van der Waals surface area contributed by atoms with E-state index in [0.717, 1.165) is 30.8 Å². The average Bonchev–Trinajstić information content (AvgIpc) is 3.18. The van der Waals surface area contributed by atoms with Crippen LogP contribution < -0.4 is 5.32 Å².